The van der Waals surface area contributed by atoms with Crippen molar-refractivity contribution < 1.29 is 17.9 Å². The van der Waals surface area contributed by atoms with Crippen LogP contribution >= 0.6 is 34.8 Å². The smallest absolute Gasteiger partial charge is 0.343 e. The van der Waals surface area contributed by atoms with Crippen LogP contribution in [0.4, 0.5) is 0 Å². The van der Waals surface area contributed by atoms with E-state index in [4.69, 9.17) is 39.5 Å². The predicted molar refractivity (Wildman–Crippen MR) is 86.0 cm³/mol. The first-order valence-electron chi connectivity index (χ1n) is 5.85. The van der Waals surface area contributed by atoms with E-state index in [1.54, 1.807) is 0 Å². The highest BCUT2D eigenvalue weighted by molar-refractivity contribution is 7.90. The number of carbonyl (C=O) groups excluding carboxylic acids is 1. The standard InChI is InChI=1S/C14H9Cl3O4S/c1-22(19,20)10-4-2-8(3-5-10)14(18)21-13-11(16)6-9(15)7-12(13)17/h2-7H,1H3. The van der Waals surface area contributed by atoms with Gasteiger partial charge in [0.25, 0.3) is 0 Å². The summed E-state index contributed by atoms with van der Waals surface area (Å²) in [6, 6.07) is 8.11. The second kappa shape index (κ2) is 6.46. The number of ether oxygens (including phenoxy) is 1. The average Bonchev–Trinajstić information content (AvgIpc) is 2.41. The normalized spacial score (nSPS) is 11.3. The molecule has 0 spiro atoms. The number of rotatable bonds is 3. The highest BCUT2D eigenvalue weighted by atomic mass is 35.5. The Kier molecular flexibility index (Phi) is 5.02. The molecule has 0 aliphatic rings. The molecule has 0 heterocycles. The number of hydrogen-bond donors (Lipinski definition) is 0. The minimum Gasteiger partial charge on any atom is -0.420 e. The van der Waals surface area contributed by atoms with Crippen LogP contribution in [-0.2, 0) is 9.84 Å². The molecule has 0 fully saturated rings. The molecule has 0 atom stereocenters. The first-order valence-corrected chi connectivity index (χ1v) is 8.88. The lowest BCUT2D eigenvalue weighted by Gasteiger charge is -2.09. The molecule has 0 aromatic heterocycles. The van der Waals surface area contributed by atoms with Gasteiger partial charge in [-0.3, -0.25) is 0 Å². The van der Waals surface area contributed by atoms with E-state index in [-0.39, 0.29) is 26.3 Å². The van der Waals surface area contributed by atoms with Gasteiger partial charge in [0, 0.05) is 11.3 Å². The van der Waals surface area contributed by atoms with Crippen molar-refractivity contribution in [3.05, 3.63) is 57.0 Å². The van der Waals surface area contributed by atoms with E-state index in [2.05, 4.69) is 0 Å². The van der Waals surface area contributed by atoms with Gasteiger partial charge in [-0.05, 0) is 36.4 Å². The Morgan fingerprint density at radius 3 is 1.95 bits per heavy atom. The summed E-state index contributed by atoms with van der Waals surface area (Å²) in [7, 11) is -3.33. The van der Waals surface area contributed by atoms with Gasteiger partial charge in [-0.15, -0.1) is 0 Å². The Morgan fingerprint density at radius 1 is 1.00 bits per heavy atom. The molecule has 0 saturated carbocycles. The third kappa shape index (κ3) is 3.93. The maximum Gasteiger partial charge on any atom is 0.343 e. The fourth-order valence-corrected chi connectivity index (χ4v) is 3.14. The molecule has 2 aromatic rings. The number of sulfone groups is 1. The first kappa shape index (κ1) is 17.1. The van der Waals surface area contributed by atoms with Gasteiger partial charge in [-0.2, -0.15) is 0 Å². The molecule has 0 saturated heterocycles. The summed E-state index contributed by atoms with van der Waals surface area (Å²) < 4.78 is 27.9. The van der Waals surface area contributed by atoms with Crippen LogP contribution in [0.2, 0.25) is 15.1 Å². The maximum absolute atomic E-state index is 12.0. The van der Waals surface area contributed by atoms with Gasteiger partial charge in [-0.1, -0.05) is 34.8 Å². The minimum absolute atomic E-state index is 0.00933. The van der Waals surface area contributed by atoms with Crippen molar-refractivity contribution in [2.24, 2.45) is 0 Å². The molecule has 0 bridgehead atoms. The van der Waals surface area contributed by atoms with Crippen molar-refractivity contribution in [3.63, 3.8) is 0 Å². The molecule has 0 amide bonds. The Labute approximate surface area is 142 Å². The summed E-state index contributed by atoms with van der Waals surface area (Å²) in [6.07, 6.45) is 1.08. The highest BCUT2D eigenvalue weighted by Crippen LogP contribution is 2.36. The molecule has 2 aromatic carbocycles. The SMILES string of the molecule is CS(=O)(=O)c1ccc(C(=O)Oc2c(Cl)cc(Cl)cc2Cl)cc1. The van der Waals surface area contributed by atoms with Gasteiger partial charge >= 0.3 is 5.97 Å². The Morgan fingerprint density at radius 2 is 1.50 bits per heavy atom. The summed E-state index contributed by atoms with van der Waals surface area (Å²) in [5.41, 5.74) is 0.162. The van der Waals surface area contributed by atoms with E-state index in [9.17, 15) is 13.2 Å². The Bertz CT molecular complexity index is 807. The summed E-state index contributed by atoms with van der Waals surface area (Å²) in [6.45, 7) is 0. The van der Waals surface area contributed by atoms with Crippen molar-refractivity contribution in [1.82, 2.24) is 0 Å². The van der Waals surface area contributed by atoms with Crippen molar-refractivity contribution in [1.29, 1.82) is 0 Å². The highest BCUT2D eigenvalue weighted by Gasteiger charge is 2.16. The molecule has 8 heteroatoms. The third-order valence-corrected chi connectivity index (χ3v) is 4.58. The molecule has 2 rings (SSSR count). The lowest BCUT2D eigenvalue weighted by molar-refractivity contribution is 0.0735. The van der Waals surface area contributed by atoms with E-state index < -0.39 is 15.8 Å². The van der Waals surface area contributed by atoms with E-state index in [1.165, 1.54) is 36.4 Å². The minimum atomic E-state index is -3.33. The molecule has 4 nitrogen and oxygen atoms in total. The van der Waals surface area contributed by atoms with E-state index >= 15 is 0 Å². The molecular formula is C14H9Cl3O4S. The molecule has 0 aliphatic carbocycles. The van der Waals surface area contributed by atoms with Crippen LogP contribution in [0.1, 0.15) is 10.4 Å². The zero-order chi connectivity index (χ0) is 16.5. The van der Waals surface area contributed by atoms with Crippen molar-refractivity contribution >= 4 is 50.6 Å². The number of halogens is 3. The van der Waals surface area contributed by atoms with Crippen LogP contribution < -0.4 is 4.74 Å². The lowest BCUT2D eigenvalue weighted by atomic mass is 10.2. The topological polar surface area (TPSA) is 60.4 Å². The molecule has 0 unspecified atom stereocenters. The Hall–Kier alpha value is -1.27. The van der Waals surface area contributed by atoms with Crippen LogP contribution in [-0.4, -0.2) is 20.6 Å². The molecule has 116 valence electrons. The zero-order valence-corrected chi connectivity index (χ0v) is 14.2. The fourth-order valence-electron chi connectivity index (χ4n) is 1.62. The third-order valence-electron chi connectivity index (χ3n) is 2.68. The second-order valence-corrected chi connectivity index (χ2v) is 7.65. The quantitative estimate of drug-likeness (QED) is 0.590. The van der Waals surface area contributed by atoms with Crippen LogP contribution in [0, 0.1) is 0 Å². The molecule has 0 aliphatic heterocycles. The first-order chi connectivity index (χ1) is 10.2. The summed E-state index contributed by atoms with van der Waals surface area (Å²) in [5.74, 6) is -0.726. The van der Waals surface area contributed by atoms with Gasteiger partial charge in [0.1, 0.15) is 0 Å². The van der Waals surface area contributed by atoms with Crippen molar-refractivity contribution in [3.8, 4) is 5.75 Å². The maximum atomic E-state index is 12.0. The van der Waals surface area contributed by atoms with Crippen molar-refractivity contribution in [2.45, 2.75) is 4.90 Å². The molecular weight excluding hydrogens is 371 g/mol. The number of esters is 1. The van der Waals surface area contributed by atoms with E-state index in [1.807, 2.05) is 0 Å². The average molecular weight is 380 g/mol. The molecule has 22 heavy (non-hydrogen) atoms. The summed E-state index contributed by atoms with van der Waals surface area (Å²) in [4.78, 5) is 12.1. The van der Waals surface area contributed by atoms with Crippen LogP contribution in [0.3, 0.4) is 0 Å². The monoisotopic (exact) mass is 378 g/mol. The van der Waals surface area contributed by atoms with Crippen molar-refractivity contribution in [2.75, 3.05) is 6.26 Å². The van der Waals surface area contributed by atoms with E-state index in [0.717, 1.165) is 6.26 Å². The number of carbonyl (C=O) groups is 1. The van der Waals surface area contributed by atoms with E-state index in [0.29, 0.717) is 5.02 Å². The summed E-state index contributed by atoms with van der Waals surface area (Å²) in [5, 5.41) is 0.504. The van der Waals surface area contributed by atoms with Gasteiger partial charge in [-0.25, -0.2) is 13.2 Å². The van der Waals surface area contributed by atoms with Gasteiger partial charge in [0.2, 0.25) is 0 Å². The van der Waals surface area contributed by atoms with Gasteiger partial charge < -0.3 is 4.74 Å². The fraction of sp³-hybridized carbons (Fsp3) is 0.0714. The molecule has 0 N–H and O–H groups in total. The summed E-state index contributed by atoms with van der Waals surface area (Å²) >= 11 is 17.6. The van der Waals surface area contributed by atoms with Gasteiger partial charge in [0.15, 0.2) is 15.6 Å². The lowest BCUT2D eigenvalue weighted by Crippen LogP contribution is -2.09. The molecule has 0 radical (unpaired) electrons. The Balaban J connectivity index is 2.27. The van der Waals surface area contributed by atoms with Gasteiger partial charge in [0.05, 0.1) is 20.5 Å². The largest absolute Gasteiger partial charge is 0.420 e. The van der Waals surface area contributed by atoms with Crippen LogP contribution in [0.5, 0.6) is 5.75 Å². The second-order valence-electron chi connectivity index (χ2n) is 4.38. The predicted octanol–water partition coefficient (Wildman–Crippen LogP) is 4.27. The van der Waals surface area contributed by atoms with Crippen LogP contribution in [0.15, 0.2) is 41.3 Å². The zero-order valence-electron chi connectivity index (χ0n) is 11.1. The number of benzene rings is 2. The number of hydrogen-bond acceptors (Lipinski definition) is 4. The van der Waals surface area contributed by atoms with Crippen LogP contribution in [0.25, 0.3) is 0 Å².